The standard InChI is InChI=1S/C4H6IN2O/c1-3-4(5-2)6-7-8-3/h1-2H3/q-1. The summed E-state index contributed by atoms with van der Waals surface area (Å²) >= 11 is 0.0579. The fourth-order valence-electron chi connectivity index (χ4n) is 0.396. The Bertz CT molecular complexity index is 174. The second kappa shape index (κ2) is 2.43. The van der Waals surface area contributed by atoms with Gasteiger partial charge in [-0.3, -0.25) is 0 Å². The van der Waals surface area contributed by atoms with Gasteiger partial charge in [0.1, 0.15) is 0 Å². The summed E-state index contributed by atoms with van der Waals surface area (Å²) in [5.41, 5.74) is 0. The number of aromatic nitrogens is 2. The minimum atomic E-state index is 0.0579. The summed E-state index contributed by atoms with van der Waals surface area (Å²) in [6.45, 7) is 1.89. The van der Waals surface area contributed by atoms with Gasteiger partial charge in [-0.05, 0) is 0 Å². The summed E-state index contributed by atoms with van der Waals surface area (Å²) in [6, 6.07) is 0. The van der Waals surface area contributed by atoms with Crippen molar-refractivity contribution in [2.75, 3.05) is 4.93 Å². The number of aryl methyl sites for hydroxylation is 1. The molecule has 1 aromatic heterocycles. The summed E-state index contributed by atoms with van der Waals surface area (Å²) < 4.78 is 5.78. The molecule has 0 N–H and O–H groups in total. The number of hydrogen-bond donors (Lipinski definition) is 0. The molecular weight excluding hydrogens is 219 g/mol. The molecule has 1 aromatic rings. The third kappa shape index (κ3) is 0.988. The molecule has 1 rings (SSSR count). The molecule has 0 saturated carbocycles. The predicted octanol–water partition coefficient (Wildman–Crippen LogP) is -2.73. The van der Waals surface area contributed by atoms with E-state index in [1.54, 1.807) is 0 Å². The van der Waals surface area contributed by atoms with Gasteiger partial charge in [0, 0.05) is 0 Å². The molecular formula is C4H6IN2O-. The zero-order valence-corrected chi connectivity index (χ0v) is 6.84. The van der Waals surface area contributed by atoms with E-state index in [0.29, 0.717) is 0 Å². The van der Waals surface area contributed by atoms with Gasteiger partial charge < -0.3 is 0 Å². The molecule has 0 aliphatic rings. The summed E-state index contributed by atoms with van der Waals surface area (Å²) in [5, 5.41) is 7.16. The maximum atomic E-state index is 4.72. The maximum absolute atomic E-state index is 4.72. The van der Waals surface area contributed by atoms with E-state index in [1.807, 2.05) is 6.92 Å². The van der Waals surface area contributed by atoms with Crippen molar-refractivity contribution in [2.45, 2.75) is 6.92 Å². The van der Waals surface area contributed by atoms with Gasteiger partial charge in [-0.1, -0.05) is 0 Å². The molecule has 0 radical (unpaired) electrons. The van der Waals surface area contributed by atoms with Gasteiger partial charge in [0.05, 0.1) is 0 Å². The number of halogens is 1. The van der Waals surface area contributed by atoms with E-state index in [0.717, 1.165) is 9.46 Å². The summed E-state index contributed by atoms with van der Waals surface area (Å²) in [7, 11) is 0. The molecule has 0 aliphatic heterocycles. The average Bonchev–Trinajstić information content (AvgIpc) is 2.14. The molecule has 8 heavy (non-hydrogen) atoms. The molecule has 1 heterocycles. The molecule has 3 nitrogen and oxygen atoms in total. The van der Waals surface area contributed by atoms with Crippen LogP contribution in [0.2, 0.25) is 0 Å². The van der Waals surface area contributed by atoms with Crippen molar-refractivity contribution in [1.29, 1.82) is 0 Å². The zero-order valence-electron chi connectivity index (χ0n) is 4.68. The van der Waals surface area contributed by atoms with Crippen molar-refractivity contribution in [3.05, 3.63) is 9.46 Å². The van der Waals surface area contributed by atoms with Gasteiger partial charge in [-0.15, -0.1) is 0 Å². The van der Waals surface area contributed by atoms with E-state index in [4.69, 9.17) is 4.52 Å². The molecule has 0 spiro atoms. The van der Waals surface area contributed by atoms with Crippen LogP contribution in [0.5, 0.6) is 0 Å². The van der Waals surface area contributed by atoms with Crippen LogP contribution in [-0.2, 0) is 0 Å². The zero-order chi connectivity index (χ0) is 5.98. The van der Waals surface area contributed by atoms with Gasteiger partial charge in [-0.25, -0.2) is 0 Å². The van der Waals surface area contributed by atoms with Gasteiger partial charge in [0.25, 0.3) is 0 Å². The van der Waals surface area contributed by atoms with Crippen molar-refractivity contribution < 1.29 is 25.7 Å². The average molecular weight is 225 g/mol. The van der Waals surface area contributed by atoms with Crippen LogP contribution in [0.4, 0.5) is 0 Å². The van der Waals surface area contributed by atoms with Crippen molar-refractivity contribution in [3.8, 4) is 0 Å². The Hall–Kier alpha value is -0.130. The van der Waals surface area contributed by atoms with Crippen LogP contribution in [-0.4, -0.2) is 15.3 Å². The van der Waals surface area contributed by atoms with Gasteiger partial charge in [0.2, 0.25) is 0 Å². The molecule has 0 fully saturated rings. The molecule has 0 unspecified atom stereocenters. The van der Waals surface area contributed by atoms with Crippen LogP contribution in [0, 0.1) is 10.6 Å². The first kappa shape index (κ1) is 6.00. The van der Waals surface area contributed by atoms with Crippen molar-refractivity contribution in [3.63, 3.8) is 0 Å². The van der Waals surface area contributed by atoms with E-state index >= 15 is 0 Å². The van der Waals surface area contributed by atoms with E-state index in [2.05, 4.69) is 15.3 Å². The van der Waals surface area contributed by atoms with Crippen molar-refractivity contribution in [1.82, 2.24) is 10.4 Å². The topological polar surface area (TPSA) is 38.9 Å². The van der Waals surface area contributed by atoms with E-state index in [-0.39, 0.29) is 21.2 Å². The fourth-order valence-corrected chi connectivity index (χ4v) is 1.56. The second-order valence-electron chi connectivity index (χ2n) is 1.31. The summed E-state index contributed by atoms with van der Waals surface area (Å²) in [5.74, 6) is 0.875. The van der Waals surface area contributed by atoms with Crippen LogP contribution in [0.25, 0.3) is 0 Å². The second-order valence-corrected chi connectivity index (χ2v) is 3.41. The van der Waals surface area contributed by atoms with Crippen molar-refractivity contribution >= 4 is 0 Å². The Labute approximate surface area is 57.7 Å². The minimum absolute atomic E-state index is 0.0579. The summed E-state index contributed by atoms with van der Waals surface area (Å²) in [4.78, 5) is 2.13. The first-order valence-corrected chi connectivity index (χ1v) is 5.36. The quantitative estimate of drug-likeness (QED) is 0.384. The Balaban J connectivity index is 2.92. The monoisotopic (exact) mass is 225 g/mol. The van der Waals surface area contributed by atoms with E-state index < -0.39 is 0 Å². The third-order valence-electron chi connectivity index (χ3n) is 0.776. The van der Waals surface area contributed by atoms with Crippen LogP contribution in [0.1, 0.15) is 5.76 Å². The molecule has 4 heteroatoms. The first-order valence-electron chi connectivity index (χ1n) is 2.13. The van der Waals surface area contributed by atoms with Gasteiger partial charge >= 0.3 is 57.4 Å². The number of hydrogen-bond acceptors (Lipinski definition) is 3. The molecule has 0 saturated heterocycles. The van der Waals surface area contributed by atoms with Gasteiger partial charge in [-0.2, -0.15) is 0 Å². The van der Waals surface area contributed by atoms with E-state index in [9.17, 15) is 0 Å². The Kier molecular flexibility index (Phi) is 1.82. The van der Waals surface area contributed by atoms with Crippen molar-refractivity contribution in [2.24, 2.45) is 0 Å². The molecule has 0 amide bonds. The number of nitrogens with zero attached hydrogens (tertiary/aromatic N) is 2. The molecule has 0 bridgehead atoms. The SMILES string of the molecule is C[I-]c1nnoc1C. The third-order valence-corrected chi connectivity index (χ3v) is 2.77. The van der Waals surface area contributed by atoms with E-state index in [1.165, 1.54) is 0 Å². The Morgan fingerprint density at radius 3 is 2.62 bits per heavy atom. The first-order chi connectivity index (χ1) is 3.84. The van der Waals surface area contributed by atoms with Crippen LogP contribution < -0.4 is 21.2 Å². The van der Waals surface area contributed by atoms with Crippen LogP contribution in [0.3, 0.4) is 0 Å². The normalized spacial score (nSPS) is 10.2. The fraction of sp³-hybridized carbons (Fsp3) is 0.500. The Morgan fingerprint density at radius 1 is 1.62 bits per heavy atom. The van der Waals surface area contributed by atoms with Crippen LogP contribution >= 0.6 is 0 Å². The Morgan fingerprint density at radius 2 is 2.38 bits per heavy atom. The van der Waals surface area contributed by atoms with Crippen LogP contribution in [0.15, 0.2) is 4.52 Å². The molecule has 0 atom stereocenters. The molecule has 46 valence electrons. The molecule has 0 aromatic carbocycles. The summed E-state index contributed by atoms with van der Waals surface area (Å²) in [6.07, 6.45) is 0. The predicted molar refractivity (Wildman–Crippen MR) is 23.7 cm³/mol. The number of rotatable bonds is 1. The number of alkyl halides is 1. The van der Waals surface area contributed by atoms with Gasteiger partial charge in [0.15, 0.2) is 0 Å². The molecule has 0 aliphatic carbocycles.